The first-order chi connectivity index (χ1) is 9.40. The van der Waals surface area contributed by atoms with Crippen LogP contribution in [0.3, 0.4) is 0 Å². The van der Waals surface area contributed by atoms with E-state index in [9.17, 15) is 13.2 Å². The van der Waals surface area contributed by atoms with Crippen molar-refractivity contribution >= 4 is 5.69 Å². The Labute approximate surface area is 114 Å². The van der Waals surface area contributed by atoms with Gasteiger partial charge < -0.3 is 10.5 Å². The van der Waals surface area contributed by atoms with E-state index in [1.165, 1.54) is 10.9 Å². The van der Waals surface area contributed by atoms with Gasteiger partial charge in [-0.3, -0.25) is 4.68 Å². The molecule has 0 saturated carbocycles. The SMILES string of the molecule is CCOc1ccc(N)cc1Cn1ccc(C(F)(F)F)n1. The molecule has 7 heteroatoms. The van der Waals surface area contributed by atoms with Crippen molar-refractivity contribution < 1.29 is 17.9 Å². The Morgan fingerprint density at radius 3 is 2.65 bits per heavy atom. The molecular weight excluding hydrogens is 271 g/mol. The Morgan fingerprint density at radius 2 is 2.05 bits per heavy atom. The monoisotopic (exact) mass is 285 g/mol. The molecule has 0 spiro atoms. The van der Waals surface area contributed by atoms with Crippen molar-refractivity contribution in [1.29, 1.82) is 0 Å². The molecule has 0 fully saturated rings. The Hall–Kier alpha value is -2.18. The van der Waals surface area contributed by atoms with Gasteiger partial charge in [0.25, 0.3) is 0 Å². The van der Waals surface area contributed by atoms with Gasteiger partial charge in [0.1, 0.15) is 5.75 Å². The van der Waals surface area contributed by atoms with Crippen LogP contribution in [0.2, 0.25) is 0 Å². The third kappa shape index (κ3) is 3.23. The molecule has 0 aliphatic carbocycles. The fourth-order valence-corrected chi connectivity index (χ4v) is 1.79. The predicted octanol–water partition coefficient (Wildman–Crippen LogP) is 2.93. The first kappa shape index (κ1) is 14.2. The van der Waals surface area contributed by atoms with Crippen LogP contribution in [-0.2, 0) is 12.7 Å². The van der Waals surface area contributed by atoms with Gasteiger partial charge in [-0.1, -0.05) is 0 Å². The van der Waals surface area contributed by atoms with Crippen LogP contribution in [0.5, 0.6) is 5.75 Å². The van der Waals surface area contributed by atoms with E-state index in [-0.39, 0.29) is 6.54 Å². The van der Waals surface area contributed by atoms with Gasteiger partial charge in [-0.25, -0.2) is 0 Å². The van der Waals surface area contributed by atoms with Gasteiger partial charge in [0.15, 0.2) is 5.69 Å². The van der Waals surface area contributed by atoms with E-state index in [2.05, 4.69) is 5.10 Å². The number of nitrogen functional groups attached to an aromatic ring is 1. The van der Waals surface area contributed by atoms with E-state index < -0.39 is 11.9 Å². The maximum absolute atomic E-state index is 12.5. The van der Waals surface area contributed by atoms with Crippen molar-refractivity contribution in [2.75, 3.05) is 12.3 Å². The quantitative estimate of drug-likeness (QED) is 0.879. The number of nitrogens with two attached hydrogens (primary N) is 1. The second-order valence-electron chi connectivity index (χ2n) is 4.20. The average molecular weight is 285 g/mol. The van der Waals surface area contributed by atoms with E-state index in [0.717, 1.165) is 6.07 Å². The molecule has 1 heterocycles. The number of hydrogen-bond donors (Lipinski definition) is 1. The van der Waals surface area contributed by atoms with E-state index in [0.29, 0.717) is 23.6 Å². The minimum absolute atomic E-state index is 0.163. The number of alkyl halides is 3. The number of halogens is 3. The lowest BCUT2D eigenvalue weighted by Gasteiger charge is -2.11. The number of benzene rings is 1. The second-order valence-corrected chi connectivity index (χ2v) is 4.20. The van der Waals surface area contributed by atoms with Crippen molar-refractivity contribution in [2.24, 2.45) is 0 Å². The molecule has 2 rings (SSSR count). The van der Waals surface area contributed by atoms with Crippen LogP contribution in [0, 0.1) is 0 Å². The number of nitrogens with zero attached hydrogens (tertiary/aromatic N) is 2. The van der Waals surface area contributed by atoms with Crippen molar-refractivity contribution in [1.82, 2.24) is 9.78 Å². The fraction of sp³-hybridized carbons (Fsp3) is 0.308. The van der Waals surface area contributed by atoms with Gasteiger partial charge in [0.05, 0.1) is 13.2 Å². The maximum atomic E-state index is 12.5. The lowest BCUT2D eigenvalue weighted by molar-refractivity contribution is -0.141. The summed E-state index contributed by atoms with van der Waals surface area (Å²) in [4.78, 5) is 0. The number of anilines is 1. The summed E-state index contributed by atoms with van der Waals surface area (Å²) in [7, 11) is 0. The molecular formula is C13H14F3N3O. The Balaban J connectivity index is 2.25. The van der Waals surface area contributed by atoms with Crippen LogP contribution in [0.15, 0.2) is 30.5 Å². The van der Waals surface area contributed by atoms with E-state index in [1.54, 1.807) is 18.2 Å². The first-order valence-corrected chi connectivity index (χ1v) is 6.02. The van der Waals surface area contributed by atoms with Gasteiger partial charge in [0, 0.05) is 17.4 Å². The zero-order valence-corrected chi connectivity index (χ0v) is 10.8. The largest absolute Gasteiger partial charge is 0.494 e. The van der Waals surface area contributed by atoms with Crippen LogP contribution < -0.4 is 10.5 Å². The van der Waals surface area contributed by atoms with E-state index in [1.807, 2.05) is 6.92 Å². The highest BCUT2D eigenvalue weighted by Crippen LogP contribution is 2.28. The first-order valence-electron chi connectivity index (χ1n) is 6.02. The zero-order valence-electron chi connectivity index (χ0n) is 10.8. The summed E-state index contributed by atoms with van der Waals surface area (Å²) in [5.74, 6) is 0.589. The summed E-state index contributed by atoms with van der Waals surface area (Å²) in [5.41, 5.74) is 5.97. The van der Waals surface area contributed by atoms with Crippen LogP contribution in [-0.4, -0.2) is 16.4 Å². The summed E-state index contributed by atoms with van der Waals surface area (Å²) >= 11 is 0. The second kappa shape index (κ2) is 5.44. The summed E-state index contributed by atoms with van der Waals surface area (Å²) in [6.45, 7) is 2.45. The van der Waals surface area contributed by atoms with Crippen molar-refractivity contribution in [3.05, 3.63) is 41.7 Å². The minimum Gasteiger partial charge on any atom is -0.494 e. The number of hydrogen-bond acceptors (Lipinski definition) is 3. The highest BCUT2D eigenvalue weighted by molar-refractivity contribution is 5.48. The Morgan fingerprint density at radius 1 is 1.30 bits per heavy atom. The third-order valence-electron chi connectivity index (χ3n) is 2.65. The molecule has 0 bridgehead atoms. The number of rotatable bonds is 4. The standard InChI is InChI=1S/C13H14F3N3O/c1-2-20-11-4-3-10(17)7-9(11)8-19-6-5-12(18-19)13(14,15)16/h3-7H,2,8,17H2,1H3. The fourth-order valence-electron chi connectivity index (χ4n) is 1.79. The molecule has 1 aromatic heterocycles. The van der Waals surface area contributed by atoms with Crippen LogP contribution in [0.4, 0.5) is 18.9 Å². The summed E-state index contributed by atoms with van der Waals surface area (Å²) in [6, 6.07) is 5.98. The van der Waals surface area contributed by atoms with Gasteiger partial charge in [-0.05, 0) is 31.2 Å². The molecule has 0 aliphatic rings. The molecule has 2 aromatic rings. The summed E-state index contributed by atoms with van der Waals surface area (Å²) in [6.07, 6.45) is -3.16. The van der Waals surface area contributed by atoms with Gasteiger partial charge in [-0.2, -0.15) is 18.3 Å². The lowest BCUT2D eigenvalue weighted by Crippen LogP contribution is -2.09. The van der Waals surface area contributed by atoms with Gasteiger partial charge >= 0.3 is 6.18 Å². The number of aromatic nitrogens is 2. The molecule has 2 N–H and O–H groups in total. The Bertz CT molecular complexity index is 593. The van der Waals surface area contributed by atoms with Gasteiger partial charge in [0.2, 0.25) is 0 Å². The van der Waals surface area contributed by atoms with Crippen molar-refractivity contribution in [3.8, 4) is 5.75 Å². The smallest absolute Gasteiger partial charge is 0.435 e. The van der Waals surface area contributed by atoms with Crippen LogP contribution in [0.1, 0.15) is 18.2 Å². The molecule has 0 radical (unpaired) electrons. The number of ether oxygens (including phenoxy) is 1. The molecule has 0 unspecified atom stereocenters. The Kier molecular flexibility index (Phi) is 3.87. The van der Waals surface area contributed by atoms with Crippen LogP contribution >= 0.6 is 0 Å². The zero-order chi connectivity index (χ0) is 14.8. The summed E-state index contributed by atoms with van der Waals surface area (Å²) < 4.78 is 44.1. The predicted molar refractivity (Wildman–Crippen MR) is 68.4 cm³/mol. The van der Waals surface area contributed by atoms with Crippen molar-refractivity contribution in [2.45, 2.75) is 19.6 Å². The molecule has 1 aromatic carbocycles. The third-order valence-corrected chi connectivity index (χ3v) is 2.65. The lowest BCUT2D eigenvalue weighted by atomic mass is 10.2. The minimum atomic E-state index is -4.44. The molecule has 108 valence electrons. The molecule has 0 aliphatic heterocycles. The normalized spacial score (nSPS) is 11.6. The maximum Gasteiger partial charge on any atom is 0.435 e. The highest BCUT2D eigenvalue weighted by atomic mass is 19.4. The highest BCUT2D eigenvalue weighted by Gasteiger charge is 2.33. The molecule has 0 atom stereocenters. The van der Waals surface area contributed by atoms with Crippen molar-refractivity contribution in [3.63, 3.8) is 0 Å². The molecule has 0 saturated heterocycles. The van der Waals surface area contributed by atoms with Gasteiger partial charge in [-0.15, -0.1) is 0 Å². The molecule has 4 nitrogen and oxygen atoms in total. The molecule has 0 amide bonds. The topological polar surface area (TPSA) is 53.1 Å². The van der Waals surface area contributed by atoms with E-state index in [4.69, 9.17) is 10.5 Å². The average Bonchev–Trinajstić information content (AvgIpc) is 2.81. The van der Waals surface area contributed by atoms with Crippen LogP contribution in [0.25, 0.3) is 0 Å². The molecule has 20 heavy (non-hydrogen) atoms. The van der Waals surface area contributed by atoms with E-state index >= 15 is 0 Å². The summed E-state index contributed by atoms with van der Waals surface area (Å²) in [5, 5.41) is 3.50.